The highest BCUT2D eigenvalue weighted by Gasteiger charge is 2.16. The number of carboxylic acid groups (broad SMARTS) is 1. The summed E-state index contributed by atoms with van der Waals surface area (Å²) in [5.74, 6) is -0.658. The van der Waals surface area contributed by atoms with E-state index in [9.17, 15) is 9.59 Å². The predicted molar refractivity (Wildman–Crippen MR) is 85.0 cm³/mol. The highest BCUT2D eigenvalue weighted by molar-refractivity contribution is 5.77. The number of ether oxygens (including phenoxy) is 1. The third-order valence-electron chi connectivity index (χ3n) is 3.43. The van der Waals surface area contributed by atoms with Crippen molar-refractivity contribution in [1.82, 2.24) is 5.32 Å². The van der Waals surface area contributed by atoms with Gasteiger partial charge in [0.25, 0.3) is 0 Å². The third kappa shape index (κ3) is 6.61. The Morgan fingerprint density at radius 3 is 2.68 bits per heavy atom. The number of carboxylic acids is 1. The molecule has 5 heteroatoms. The van der Waals surface area contributed by atoms with E-state index in [1.165, 1.54) is 0 Å². The number of nitrogens with one attached hydrogen (secondary N) is 1. The number of carbonyl (C=O) groups is 2. The topological polar surface area (TPSA) is 75.6 Å². The van der Waals surface area contributed by atoms with E-state index in [1.54, 1.807) is 0 Å². The average molecular weight is 307 g/mol. The first-order valence-corrected chi connectivity index (χ1v) is 7.72. The Bertz CT molecular complexity index is 487. The van der Waals surface area contributed by atoms with Gasteiger partial charge in [-0.05, 0) is 31.4 Å². The van der Waals surface area contributed by atoms with Crippen LogP contribution in [0, 0.1) is 12.8 Å². The summed E-state index contributed by atoms with van der Waals surface area (Å²) in [6, 6.07) is 7.74. The number of hydrogen-bond acceptors (Lipinski definition) is 3. The Kier molecular flexibility index (Phi) is 8.04. The van der Waals surface area contributed by atoms with Crippen LogP contribution in [0.1, 0.15) is 38.2 Å². The van der Waals surface area contributed by atoms with Gasteiger partial charge in [-0.25, -0.2) is 0 Å². The Morgan fingerprint density at radius 1 is 1.32 bits per heavy atom. The number of amides is 1. The maximum absolute atomic E-state index is 11.7. The second kappa shape index (κ2) is 9.82. The van der Waals surface area contributed by atoms with Gasteiger partial charge in [0.05, 0.1) is 12.5 Å². The fourth-order valence-corrected chi connectivity index (χ4v) is 2.12. The SMILES string of the molecule is CCCC(CNC(=O)CCCOc1ccccc1C)C(=O)O. The maximum atomic E-state index is 11.7. The molecule has 0 aromatic heterocycles. The average Bonchev–Trinajstić information content (AvgIpc) is 2.49. The van der Waals surface area contributed by atoms with E-state index in [4.69, 9.17) is 9.84 Å². The van der Waals surface area contributed by atoms with Gasteiger partial charge in [-0.1, -0.05) is 31.5 Å². The van der Waals surface area contributed by atoms with Crippen LogP contribution >= 0.6 is 0 Å². The number of aryl methyl sites for hydroxylation is 1. The minimum absolute atomic E-state index is 0.129. The van der Waals surface area contributed by atoms with Crippen LogP contribution in [0.3, 0.4) is 0 Å². The monoisotopic (exact) mass is 307 g/mol. The van der Waals surface area contributed by atoms with Crippen molar-refractivity contribution in [3.05, 3.63) is 29.8 Å². The second-order valence-corrected chi connectivity index (χ2v) is 5.35. The van der Waals surface area contributed by atoms with Crippen LogP contribution < -0.4 is 10.1 Å². The van der Waals surface area contributed by atoms with E-state index < -0.39 is 11.9 Å². The molecule has 122 valence electrons. The molecule has 1 aromatic carbocycles. The van der Waals surface area contributed by atoms with Crippen molar-refractivity contribution in [1.29, 1.82) is 0 Å². The molecule has 0 aliphatic heterocycles. The highest BCUT2D eigenvalue weighted by Crippen LogP contribution is 2.16. The van der Waals surface area contributed by atoms with Gasteiger partial charge >= 0.3 is 5.97 Å². The van der Waals surface area contributed by atoms with E-state index in [0.29, 0.717) is 25.9 Å². The van der Waals surface area contributed by atoms with Crippen LogP contribution in [0.4, 0.5) is 0 Å². The van der Waals surface area contributed by atoms with Gasteiger partial charge < -0.3 is 15.2 Å². The summed E-state index contributed by atoms with van der Waals surface area (Å²) in [4.78, 5) is 22.7. The minimum atomic E-state index is -0.856. The summed E-state index contributed by atoms with van der Waals surface area (Å²) in [6.07, 6.45) is 2.30. The summed E-state index contributed by atoms with van der Waals surface area (Å²) >= 11 is 0. The van der Waals surface area contributed by atoms with E-state index in [0.717, 1.165) is 17.7 Å². The van der Waals surface area contributed by atoms with Gasteiger partial charge in [0.1, 0.15) is 5.75 Å². The minimum Gasteiger partial charge on any atom is -0.493 e. The van der Waals surface area contributed by atoms with Gasteiger partial charge in [-0.2, -0.15) is 0 Å². The predicted octanol–water partition coefficient (Wildman–Crippen LogP) is 2.77. The highest BCUT2D eigenvalue weighted by atomic mass is 16.5. The molecule has 0 saturated heterocycles. The molecule has 0 saturated carbocycles. The number of benzene rings is 1. The lowest BCUT2D eigenvalue weighted by Crippen LogP contribution is -2.32. The van der Waals surface area contributed by atoms with E-state index in [2.05, 4.69) is 5.32 Å². The van der Waals surface area contributed by atoms with Crippen molar-refractivity contribution < 1.29 is 19.4 Å². The second-order valence-electron chi connectivity index (χ2n) is 5.35. The van der Waals surface area contributed by atoms with Crippen molar-refractivity contribution >= 4 is 11.9 Å². The summed E-state index contributed by atoms with van der Waals surface area (Å²) in [7, 11) is 0. The summed E-state index contributed by atoms with van der Waals surface area (Å²) in [5.41, 5.74) is 1.07. The molecule has 0 radical (unpaired) electrons. The van der Waals surface area contributed by atoms with E-state index >= 15 is 0 Å². The molecule has 0 heterocycles. The molecule has 22 heavy (non-hydrogen) atoms. The lowest BCUT2D eigenvalue weighted by molar-refractivity contribution is -0.141. The van der Waals surface area contributed by atoms with Crippen LogP contribution in [0.25, 0.3) is 0 Å². The normalized spacial score (nSPS) is 11.7. The number of rotatable bonds is 10. The quantitative estimate of drug-likeness (QED) is 0.652. The van der Waals surface area contributed by atoms with Crippen LogP contribution in [0.2, 0.25) is 0 Å². The van der Waals surface area contributed by atoms with Gasteiger partial charge in [0, 0.05) is 13.0 Å². The van der Waals surface area contributed by atoms with Gasteiger partial charge in [-0.3, -0.25) is 9.59 Å². The first-order chi connectivity index (χ1) is 10.5. The van der Waals surface area contributed by atoms with Crippen molar-refractivity contribution in [3.8, 4) is 5.75 Å². The molecule has 1 unspecified atom stereocenters. The van der Waals surface area contributed by atoms with Crippen molar-refractivity contribution in [2.75, 3.05) is 13.2 Å². The Balaban J connectivity index is 2.20. The lowest BCUT2D eigenvalue weighted by Gasteiger charge is -2.12. The largest absolute Gasteiger partial charge is 0.493 e. The first-order valence-electron chi connectivity index (χ1n) is 7.72. The Hall–Kier alpha value is -2.04. The molecule has 0 aliphatic rings. The van der Waals surface area contributed by atoms with Gasteiger partial charge in [0.15, 0.2) is 0 Å². The van der Waals surface area contributed by atoms with Crippen molar-refractivity contribution in [2.24, 2.45) is 5.92 Å². The first kappa shape index (κ1) is 18.0. The molecule has 1 rings (SSSR count). The van der Waals surface area contributed by atoms with Crippen LogP contribution in [0.5, 0.6) is 5.75 Å². The molecule has 0 fully saturated rings. The number of aliphatic carboxylic acids is 1. The fourth-order valence-electron chi connectivity index (χ4n) is 2.12. The van der Waals surface area contributed by atoms with Gasteiger partial charge in [0.2, 0.25) is 5.91 Å². The van der Waals surface area contributed by atoms with E-state index in [1.807, 2.05) is 38.1 Å². The molecule has 0 bridgehead atoms. The zero-order valence-corrected chi connectivity index (χ0v) is 13.3. The molecule has 5 nitrogen and oxygen atoms in total. The van der Waals surface area contributed by atoms with Crippen LogP contribution in [-0.4, -0.2) is 30.1 Å². The Labute approximate surface area is 131 Å². The smallest absolute Gasteiger partial charge is 0.308 e. The zero-order valence-electron chi connectivity index (χ0n) is 13.3. The standard InChI is InChI=1S/C17H25NO4/c1-3-7-14(17(20)21)12-18-16(19)10-6-11-22-15-9-5-4-8-13(15)2/h4-5,8-9,14H,3,6-7,10-12H2,1-2H3,(H,18,19)(H,20,21). The Morgan fingerprint density at radius 2 is 2.05 bits per heavy atom. The summed E-state index contributed by atoms with van der Waals surface area (Å²) in [5, 5.41) is 11.7. The molecule has 1 amide bonds. The molecular weight excluding hydrogens is 282 g/mol. The summed E-state index contributed by atoms with van der Waals surface area (Å²) < 4.78 is 5.62. The van der Waals surface area contributed by atoms with Crippen LogP contribution in [-0.2, 0) is 9.59 Å². The molecular formula is C17H25NO4. The molecule has 1 atom stereocenters. The van der Waals surface area contributed by atoms with Crippen molar-refractivity contribution in [3.63, 3.8) is 0 Å². The third-order valence-corrected chi connectivity index (χ3v) is 3.43. The number of carbonyl (C=O) groups excluding carboxylic acids is 1. The number of hydrogen-bond donors (Lipinski definition) is 2. The molecule has 1 aromatic rings. The summed E-state index contributed by atoms with van der Waals surface area (Å²) in [6.45, 7) is 4.57. The zero-order chi connectivity index (χ0) is 16.4. The number of para-hydroxylation sites is 1. The molecule has 0 spiro atoms. The maximum Gasteiger partial charge on any atom is 0.308 e. The lowest BCUT2D eigenvalue weighted by atomic mass is 10.0. The van der Waals surface area contributed by atoms with E-state index in [-0.39, 0.29) is 12.5 Å². The van der Waals surface area contributed by atoms with Crippen LogP contribution in [0.15, 0.2) is 24.3 Å². The fraction of sp³-hybridized carbons (Fsp3) is 0.529. The van der Waals surface area contributed by atoms with Crippen molar-refractivity contribution in [2.45, 2.75) is 39.5 Å². The van der Waals surface area contributed by atoms with Gasteiger partial charge in [-0.15, -0.1) is 0 Å². The molecule has 2 N–H and O–H groups in total. The molecule has 0 aliphatic carbocycles.